The van der Waals surface area contributed by atoms with Gasteiger partial charge in [0.1, 0.15) is 0 Å². The van der Waals surface area contributed by atoms with E-state index >= 15 is 0 Å². The Morgan fingerprint density at radius 2 is 0.765 bits per heavy atom. The van der Waals surface area contributed by atoms with Crippen molar-refractivity contribution in [2.75, 3.05) is 0 Å². The van der Waals surface area contributed by atoms with Crippen molar-refractivity contribution in [3.63, 3.8) is 0 Å². The molecule has 2 heteroatoms. The number of rotatable bonds is 3. The Morgan fingerprint density at radius 3 is 1.00 bits per heavy atom. The molecule has 0 nitrogen and oxygen atoms in total. The van der Waals surface area contributed by atoms with Gasteiger partial charge < -0.3 is 0 Å². The van der Waals surface area contributed by atoms with Crippen LogP contribution in [0.25, 0.3) is 0 Å². The van der Waals surface area contributed by atoms with E-state index in [2.05, 4.69) is 21.2 Å². The smallest absolute Gasteiger partial charge is 0.00237 e. The quantitative estimate of drug-likeness (QED) is 0.540. The molecule has 3 rings (SSSR count). The standard InChI is InChI=1S/C15H27IS/c16-17(13-7-1-2-8-13,14-9-3-4-10-14)15-11-5-6-12-15/h13-15H,1-12H2. The van der Waals surface area contributed by atoms with Gasteiger partial charge in [-0.2, -0.15) is 7.20 Å². The van der Waals surface area contributed by atoms with Gasteiger partial charge in [0.25, 0.3) is 0 Å². The Labute approximate surface area is 121 Å². The Kier molecular flexibility index (Phi) is 4.31. The van der Waals surface area contributed by atoms with Crippen LogP contribution in [-0.2, 0) is 0 Å². The zero-order valence-corrected chi connectivity index (χ0v) is 14.0. The SMILES string of the molecule is IS(C1CCCC1)(C1CCCC1)C1CCCC1. The Bertz CT molecular complexity index is 207. The third-order valence-electron chi connectivity index (χ3n) is 5.44. The first-order valence-electron chi connectivity index (χ1n) is 7.81. The molecule has 3 saturated carbocycles. The summed E-state index contributed by atoms with van der Waals surface area (Å²) >= 11 is 3.06. The lowest BCUT2D eigenvalue weighted by Crippen LogP contribution is -2.28. The maximum atomic E-state index is 3.06. The molecule has 0 amide bonds. The third-order valence-corrected chi connectivity index (χ3v) is 16.4. The van der Waals surface area contributed by atoms with Crippen LogP contribution >= 0.6 is 28.4 Å². The fraction of sp³-hybridized carbons (Fsp3) is 1.00. The molecular weight excluding hydrogens is 339 g/mol. The second-order valence-corrected chi connectivity index (χ2v) is 14.3. The summed E-state index contributed by atoms with van der Waals surface area (Å²) in [6.45, 7) is 0. The van der Waals surface area contributed by atoms with Crippen molar-refractivity contribution in [2.24, 2.45) is 0 Å². The molecule has 100 valence electrons. The van der Waals surface area contributed by atoms with E-state index in [0.29, 0.717) is 0 Å². The molecular formula is C15H27IS. The highest BCUT2D eigenvalue weighted by Crippen LogP contribution is 2.75. The summed E-state index contributed by atoms with van der Waals surface area (Å²) in [4.78, 5) is 0. The largest absolute Gasteiger partial charge is 0.179 e. The van der Waals surface area contributed by atoms with Crippen molar-refractivity contribution >= 4 is 28.4 Å². The van der Waals surface area contributed by atoms with Gasteiger partial charge in [-0.3, -0.25) is 0 Å². The number of hydrogen-bond donors (Lipinski definition) is 0. The number of hydrogen-bond acceptors (Lipinski definition) is 0. The fourth-order valence-electron chi connectivity index (χ4n) is 4.57. The molecule has 0 saturated heterocycles. The van der Waals surface area contributed by atoms with Gasteiger partial charge >= 0.3 is 0 Å². The Balaban J connectivity index is 1.81. The predicted octanol–water partition coefficient (Wildman–Crippen LogP) is 5.97. The minimum atomic E-state index is -0.304. The van der Waals surface area contributed by atoms with Gasteiger partial charge in [0, 0.05) is 0 Å². The lowest BCUT2D eigenvalue weighted by atomic mass is 10.3. The van der Waals surface area contributed by atoms with Crippen LogP contribution in [-0.4, -0.2) is 15.7 Å². The summed E-state index contributed by atoms with van der Waals surface area (Å²) < 4.78 is 0. The molecule has 0 spiro atoms. The summed E-state index contributed by atoms with van der Waals surface area (Å²) in [5, 5.41) is 3.48. The molecule has 17 heavy (non-hydrogen) atoms. The minimum Gasteiger partial charge on any atom is -0.179 e. The van der Waals surface area contributed by atoms with Gasteiger partial charge in [0.05, 0.1) is 0 Å². The highest BCUT2D eigenvalue weighted by atomic mass is 127. The van der Waals surface area contributed by atoms with Gasteiger partial charge in [0.2, 0.25) is 0 Å². The van der Waals surface area contributed by atoms with Crippen molar-refractivity contribution in [1.82, 2.24) is 0 Å². The molecule has 0 unspecified atom stereocenters. The first kappa shape index (κ1) is 13.1. The van der Waals surface area contributed by atoms with Crippen LogP contribution in [0.2, 0.25) is 0 Å². The van der Waals surface area contributed by atoms with Crippen LogP contribution in [0.5, 0.6) is 0 Å². The van der Waals surface area contributed by atoms with Crippen LogP contribution in [0.4, 0.5) is 0 Å². The zero-order chi connectivity index (χ0) is 11.7. The predicted molar refractivity (Wildman–Crippen MR) is 88.4 cm³/mol. The van der Waals surface area contributed by atoms with Crippen LogP contribution in [0.3, 0.4) is 0 Å². The van der Waals surface area contributed by atoms with Crippen molar-refractivity contribution in [3.05, 3.63) is 0 Å². The first-order valence-corrected chi connectivity index (χ1v) is 12.2. The van der Waals surface area contributed by atoms with E-state index in [1.54, 1.807) is 77.0 Å². The molecule has 0 aliphatic heterocycles. The lowest BCUT2D eigenvalue weighted by Gasteiger charge is -2.49. The van der Waals surface area contributed by atoms with Crippen molar-refractivity contribution in [3.8, 4) is 0 Å². The molecule has 0 bridgehead atoms. The van der Waals surface area contributed by atoms with Crippen LogP contribution in [0, 0.1) is 0 Å². The van der Waals surface area contributed by atoms with E-state index in [4.69, 9.17) is 0 Å². The van der Waals surface area contributed by atoms with Crippen molar-refractivity contribution in [1.29, 1.82) is 0 Å². The normalized spacial score (nSPS) is 30.4. The minimum absolute atomic E-state index is 0.304. The van der Waals surface area contributed by atoms with Crippen LogP contribution < -0.4 is 0 Å². The summed E-state index contributed by atoms with van der Waals surface area (Å²) in [5.74, 6) is 0. The maximum Gasteiger partial charge on any atom is -0.00237 e. The second kappa shape index (κ2) is 5.60. The summed E-state index contributed by atoms with van der Waals surface area (Å²) in [7, 11) is -0.304. The van der Waals surface area contributed by atoms with Gasteiger partial charge in [-0.05, 0) is 75.5 Å². The molecule has 0 aromatic carbocycles. The van der Waals surface area contributed by atoms with Gasteiger partial charge in [-0.25, -0.2) is 0 Å². The third kappa shape index (κ3) is 2.42. The van der Waals surface area contributed by atoms with Gasteiger partial charge in [-0.15, -0.1) is 0 Å². The highest BCUT2D eigenvalue weighted by molar-refractivity contribution is 14.2. The molecule has 3 aliphatic rings. The van der Waals surface area contributed by atoms with Crippen LogP contribution in [0.1, 0.15) is 77.0 Å². The van der Waals surface area contributed by atoms with Gasteiger partial charge in [0.15, 0.2) is 0 Å². The summed E-state index contributed by atoms with van der Waals surface area (Å²) in [6, 6.07) is 0. The molecule has 0 radical (unpaired) electrons. The van der Waals surface area contributed by atoms with E-state index in [0.717, 1.165) is 15.7 Å². The van der Waals surface area contributed by atoms with E-state index in [1.165, 1.54) is 0 Å². The highest BCUT2D eigenvalue weighted by Gasteiger charge is 2.46. The summed E-state index contributed by atoms with van der Waals surface area (Å²) in [6.07, 6.45) is 18.8. The fourth-order valence-corrected chi connectivity index (χ4v) is 13.9. The summed E-state index contributed by atoms with van der Waals surface area (Å²) in [5.41, 5.74) is 0. The van der Waals surface area contributed by atoms with Crippen molar-refractivity contribution < 1.29 is 0 Å². The number of halogens is 1. The van der Waals surface area contributed by atoms with E-state index in [1.807, 2.05) is 0 Å². The average molecular weight is 366 g/mol. The Morgan fingerprint density at radius 1 is 0.529 bits per heavy atom. The van der Waals surface area contributed by atoms with Crippen LogP contribution in [0.15, 0.2) is 0 Å². The van der Waals surface area contributed by atoms with E-state index in [-0.39, 0.29) is 7.20 Å². The molecule has 3 fully saturated rings. The Hall–Kier alpha value is 1.08. The second-order valence-electron chi connectivity index (χ2n) is 6.39. The first-order chi connectivity index (χ1) is 8.32. The lowest BCUT2D eigenvalue weighted by molar-refractivity contribution is 0.794. The van der Waals surface area contributed by atoms with Crippen molar-refractivity contribution in [2.45, 2.75) is 92.8 Å². The molecule has 3 aliphatic carbocycles. The molecule has 0 heterocycles. The zero-order valence-electron chi connectivity index (χ0n) is 11.0. The molecule has 0 aromatic rings. The topological polar surface area (TPSA) is 0 Å². The van der Waals surface area contributed by atoms with E-state index < -0.39 is 0 Å². The monoisotopic (exact) mass is 366 g/mol. The molecule has 0 atom stereocenters. The molecule has 0 aromatic heterocycles. The average Bonchev–Trinajstić information content (AvgIpc) is 3.10. The van der Waals surface area contributed by atoms with Gasteiger partial charge in [-0.1, -0.05) is 38.5 Å². The maximum absolute atomic E-state index is 3.06. The van der Waals surface area contributed by atoms with E-state index in [9.17, 15) is 0 Å². The molecule has 0 N–H and O–H groups in total.